The van der Waals surface area contributed by atoms with Gasteiger partial charge in [0.2, 0.25) is 5.01 Å². The summed E-state index contributed by atoms with van der Waals surface area (Å²) < 4.78 is 1.92. The van der Waals surface area contributed by atoms with Gasteiger partial charge < -0.3 is 9.88 Å². The first-order chi connectivity index (χ1) is 14.2. The highest BCUT2D eigenvalue weighted by atomic mass is 35.5. The van der Waals surface area contributed by atoms with Gasteiger partial charge in [0.25, 0.3) is 5.91 Å². The Morgan fingerprint density at radius 3 is 2.55 bits per heavy atom. The fourth-order valence-corrected chi connectivity index (χ4v) is 3.58. The van der Waals surface area contributed by atoms with Gasteiger partial charge in [-0.15, -0.1) is 10.2 Å². The van der Waals surface area contributed by atoms with Crippen molar-refractivity contribution in [1.82, 2.24) is 25.1 Å². The monoisotopic (exact) mass is 421 g/mol. The summed E-state index contributed by atoms with van der Waals surface area (Å²) in [6, 6.07) is 17.5. The molecule has 0 aliphatic heterocycles. The molecule has 0 saturated carbocycles. The lowest BCUT2D eigenvalue weighted by atomic mass is 10.2. The van der Waals surface area contributed by atoms with Gasteiger partial charge in [-0.25, -0.2) is 4.98 Å². The number of benzene rings is 2. The van der Waals surface area contributed by atoms with Crippen LogP contribution in [0.2, 0.25) is 0 Å². The van der Waals surface area contributed by atoms with Gasteiger partial charge in [-0.05, 0) is 29.3 Å². The first-order valence-corrected chi connectivity index (χ1v) is 10.00. The summed E-state index contributed by atoms with van der Waals surface area (Å²) >= 11 is 7.55. The van der Waals surface area contributed by atoms with Crippen LogP contribution in [0.1, 0.15) is 25.9 Å². The number of rotatable bonds is 6. The maximum absolute atomic E-state index is 12.3. The number of aromatic nitrogens is 4. The van der Waals surface area contributed by atoms with Crippen LogP contribution < -0.4 is 5.32 Å². The smallest absolute Gasteiger partial charge is 0.282 e. The molecule has 0 bridgehead atoms. The van der Waals surface area contributed by atoms with E-state index in [0.29, 0.717) is 16.6 Å². The van der Waals surface area contributed by atoms with Crippen molar-refractivity contribution in [3.05, 3.63) is 94.5 Å². The lowest BCUT2D eigenvalue weighted by molar-refractivity contribution is 0.0950. The number of carbonyl (C=O) groups is 1. The summed E-state index contributed by atoms with van der Waals surface area (Å²) in [5, 5.41) is 12.0. The number of imidazole rings is 1. The van der Waals surface area contributed by atoms with E-state index in [-0.39, 0.29) is 10.9 Å². The van der Waals surface area contributed by atoms with E-state index in [1.807, 2.05) is 65.4 Å². The highest BCUT2D eigenvalue weighted by Gasteiger charge is 2.14. The largest absolute Gasteiger partial charge is 0.346 e. The Morgan fingerprint density at radius 2 is 1.83 bits per heavy atom. The zero-order chi connectivity index (χ0) is 20.1. The highest BCUT2D eigenvalue weighted by molar-refractivity contribution is 7.15. The minimum atomic E-state index is -0.272. The quantitative estimate of drug-likeness (QED) is 0.501. The van der Waals surface area contributed by atoms with Crippen LogP contribution in [0.5, 0.6) is 0 Å². The molecule has 0 fully saturated rings. The van der Waals surface area contributed by atoms with Gasteiger partial charge in [0.15, 0.2) is 5.01 Å². The number of amides is 1. The maximum atomic E-state index is 12.3. The normalized spacial score (nSPS) is 11.4. The minimum Gasteiger partial charge on any atom is -0.346 e. The van der Waals surface area contributed by atoms with Crippen molar-refractivity contribution in [1.29, 1.82) is 0 Å². The SMILES string of the molecule is O=C(NCc1ccccc1)c1nnc(/C(Cl)=C/c2ccc(-n3ccnc3)cc2)s1. The van der Waals surface area contributed by atoms with Gasteiger partial charge in [-0.3, -0.25) is 4.79 Å². The van der Waals surface area contributed by atoms with E-state index in [4.69, 9.17) is 11.6 Å². The highest BCUT2D eigenvalue weighted by Crippen LogP contribution is 2.25. The predicted octanol–water partition coefficient (Wildman–Crippen LogP) is 4.39. The molecular formula is C21H16ClN5OS. The number of hydrogen-bond acceptors (Lipinski definition) is 5. The molecule has 0 radical (unpaired) electrons. The third-order valence-electron chi connectivity index (χ3n) is 4.11. The Kier molecular flexibility index (Phi) is 5.79. The van der Waals surface area contributed by atoms with Gasteiger partial charge >= 0.3 is 0 Å². The molecule has 29 heavy (non-hydrogen) atoms. The molecule has 1 N–H and O–H groups in total. The standard InChI is InChI=1S/C21H16ClN5OS/c22-18(12-15-6-8-17(9-7-15)27-11-10-23-14-27)20-25-26-21(29-20)19(28)24-13-16-4-2-1-3-5-16/h1-12,14H,13H2,(H,24,28)/b18-12-. The van der Waals surface area contributed by atoms with Crippen LogP contribution in [0.4, 0.5) is 0 Å². The van der Waals surface area contributed by atoms with Crippen LogP contribution in [-0.4, -0.2) is 25.7 Å². The molecule has 2 heterocycles. The summed E-state index contributed by atoms with van der Waals surface area (Å²) in [4.78, 5) is 16.3. The van der Waals surface area contributed by atoms with Crippen LogP contribution >= 0.6 is 22.9 Å². The fraction of sp³-hybridized carbons (Fsp3) is 0.0476. The van der Waals surface area contributed by atoms with E-state index in [9.17, 15) is 4.79 Å². The van der Waals surface area contributed by atoms with Gasteiger partial charge in [-0.1, -0.05) is 65.4 Å². The third kappa shape index (κ3) is 4.77. The van der Waals surface area contributed by atoms with E-state index >= 15 is 0 Å². The van der Waals surface area contributed by atoms with Gasteiger partial charge in [0.1, 0.15) is 0 Å². The van der Waals surface area contributed by atoms with E-state index in [0.717, 1.165) is 28.2 Å². The number of carbonyl (C=O) groups excluding carboxylic acids is 1. The molecule has 0 spiro atoms. The third-order valence-corrected chi connectivity index (χ3v) is 5.46. The van der Waals surface area contributed by atoms with Crippen molar-refractivity contribution in [2.24, 2.45) is 0 Å². The summed E-state index contributed by atoms with van der Waals surface area (Å²) in [5.41, 5.74) is 2.94. The van der Waals surface area contributed by atoms with Crippen LogP contribution in [0.15, 0.2) is 73.3 Å². The van der Waals surface area contributed by atoms with Crippen molar-refractivity contribution in [3.8, 4) is 5.69 Å². The average Bonchev–Trinajstić information content (AvgIpc) is 3.46. The van der Waals surface area contributed by atoms with Crippen LogP contribution in [0.25, 0.3) is 16.8 Å². The zero-order valence-corrected chi connectivity index (χ0v) is 16.8. The summed E-state index contributed by atoms with van der Waals surface area (Å²) in [5.74, 6) is -0.272. The molecular weight excluding hydrogens is 406 g/mol. The Labute approximate surface area is 176 Å². The molecule has 6 nitrogen and oxygen atoms in total. The first-order valence-electron chi connectivity index (χ1n) is 8.80. The number of halogens is 1. The molecule has 2 aromatic heterocycles. The Morgan fingerprint density at radius 1 is 1.07 bits per heavy atom. The minimum absolute atomic E-state index is 0.272. The van der Waals surface area contributed by atoms with Crippen LogP contribution in [-0.2, 0) is 6.54 Å². The Bertz CT molecular complexity index is 1120. The van der Waals surface area contributed by atoms with E-state index < -0.39 is 0 Å². The molecule has 1 amide bonds. The molecule has 0 aliphatic carbocycles. The van der Waals surface area contributed by atoms with E-state index in [1.165, 1.54) is 0 Å². The van der Waals surface area contributed by atoms with Crippen LogP contribution in [0.3, 0.4) is 0 Å². The fourth-order valence-electron chi connectivity index (χ4n) is 2.63. The van der Waals surface area contributed by atoms with Gasteiger partial charge in [-0.2, -0.15) is 0 Å². The van der Waals surface area contributed by atoms with Gasteiger partial charge in [0.05, 0.1) is 11.4 Å². The average molecular weight is 422 g/mol. The van der Waals surface area contributed by atoms with Crippen molar-refractivity contribution in [3.63, 3.8) is 0 Å². The molecule has 4 rings (SSSR count). The molecule has 0 aliphatic rings. The molecule has 4 aromatic rings. The maximum Gasteiger partial charge on any atom is 0.282 e. The molecule has 2 aromatic carbocycles. The van der Waals surface area contributed by atoms with Gasteiger partial charge in [0, 0.05) is 24.6 Å². The Hall–Kier alpha value is -3.29. The van der Waals surface area contributed by atoms with Crippen molar-refractivity contribution >= 4 is 40.0 Å². The lowest BCUT2D eigenvalue weighted by Gasteiger charge is -2.02. The first kappa shape index (κ1) is 19.0. The topological polar surface area (TPSA) is 72.7 Å². The lowest BCUT2D eigenvalue weighted by Crippen LogP contribution is -2.22. The molecule has 144 valence electrons. The predicted molar refractivity (Wildman–Crippen MR) is 115 cm³/mol. The summed E-state index contributed by atoms with van der Waals surface area (Å²) in [6.45, 7) is 0.432. The molecule has 0 unspecified atom stereocenters. The second kappa shape index (κ2) is 8.81. The number of nitrogens with zero attached hydrogens (tertiary/aromatic N) is 4. The summed E-state index contributed by atoms with van der Waals surface area (Å²) in [7, 11) is 0. The van der Waals surface area contributed by atoms with Crippen molar-refractivity contribution in [2.45, 2.75) is 6.54 Å². The van der Waals surface area contributed by atoms with Crippen LogP contribution in [0, 0.1) is 0 Å². The zero-order valence-electron chi connectivity index (χ0n) is 15.2. The molecule has 0 atom stereocenters. The van der Waals surface area contributed by atoms with Crippen molar-refractivity contribution < 1.29 is 4.79 Å². The molecule has 8 heteroatoms. The second-order valence-corrected chi connectivity index (χ2v) is 7.52. The Balaban J connectivity index is 1.42. The number of nitrogens with one attached hydrogen (secondary N) is 1. The van der Waals surface area contributed by atoms with Crippen molar-refractivity contribution in [2.75, 3.05) is 0 Å². The molecule has 0 saturated heterocycles. The van der Waals surface area contributed by atoms with E-state index in [2.05, 4.69) is 20.5 Å². The number of hydrogen-bond donors (Lipinski definition) is 1. The van der Waals surface area contributed by atoms with E-state index in [1.54, 1.807) is 18.6 Å². The summed E-state index contributed by atoms with van der Waals surface area (Å²) in [6.07, 6.45) is 7.14. The second-order valence-electron chi connectivity index (χ2n) is 6.13.